The maximum atomic E-state index is 12.0. The molecular formula is C23H22N2O4S. The SMILES string of the molecule is O=C(CSc1ccc([N+](=O)[O-])cc1)NCc1ccc(COCc2ccccc2)cc1. The standard InChI is InChI=1S/C23H22N2O4S/c26-23(17-30-22-12-10-21(11-13-22)25(27)28)24-14-18-6-8-20(9-7-18)16-29-15-19-4-2-1-3-5-19/h1-13H,14-17H2,(H,24,26). The van der Waals surface area contributed by atoms with Crippen molar-refractivity contribution in [2.45, 2.75) is 24.7 Å². The van der Waals surface area contributed by atoms with Gasteiger partial charge in [-0.2, -0.15) is 0 Å². The van der Waals surface area contributed by atoms with E-state index in [9.17, 15) is 14.9 Å². The number of non-ortho nitro benzene ring substituents is 1. The predicted molar refractivity (Wildman–Crippen MR) is 117 cm³/mol. The first kappa shape index (κ1) is 21.5. The van der Waals surface area contributed by atoms with E-state index in [1.54, 1.807) is 12.1 Å². The highest BCUT2D eigenvalue weighted by Gasteiger charge is 2.07. The van der Waals surface area contributed by atoms with Crippen LogP contribution >= 0.6 is 11.8 Å². The van der Waals surface area contributed by atoms with Crippen LogP contribution in [0.25, 0.3) is 0 Å². The molecule has 154 valence electrons. The second-order valence-corrected chi connectivity index (χ2v) is 7.66. The van der Waals surface area contributed by atoms with E-state index in [1.165, 1.54) is 23.9 Å². The Hall–Kier alpha value is -3.16. The van der Waals surface area contributed by atoms with Crippen LogP contribution in [0.4, 0.5) is 5.69 Å². The van der Waals surface area contributed by atoms with Crippen molar-refractivity contribution in [2.24, 2.45) is 0 Å². The molecule has 0 aliphatic rings. The normalized spacial score (nSPS) is 10.5. The van der Waals surface area contributed by atoms with Gasteiger partial charge in [0.25, 0.3) is 5.69 Å². The van der Waals surface area contributed by atoms with Crippen molar-refractivity contribution < 1.29 is 14.5 Å². The minimum atomic E-state index is -0.443. The summed E-state index contributed by atoms with van der Waals surface area (Å²) in [6.07, 6.45) is 0. The Bertz CT molecular complexity index is 961. The van der Waals surface area contributed by atoms with Gasteiger partial charge in [0, 0.05) is 23.6 Å². The Morgan fingerprint density at radius 2 is 1.47 bits per heavy atom. The fourth-order valence-electron chi connectivity index (χ4n) is 2.68. The number of ether oxygens (including phenoxy) is 1. The molecule has 0 atom stereocenters. The number of benzene rings is 3. The minimum absolute atomic E-state index is 0.0396. The lowest BCUT2D eigenvalue weighted by Crippen LogP contribution is -2.24. The summed E-state index contributed by atoms with van der Waals surface area (Å²) in [7, 11) is 0. The van der Waals surface area contributed by atoms with Gasteiger partial charge in [0.05, 0.1) is 23.9 Å². The van der Waals surface area contributed by atoms with Gasteiger partial charge in [-0.1, -0.05) is 54.6 Å². The van der Waals surface area contributed by atoms with Crippen molar-refractivity contribution in [3.05, 3.63) is 106 Å². The Kier molecular flexibility index (Phi) is 8.00. The molecule has 0 radical (unpaired) electrons. The lowest BCUT2D eigenvalue weighted by molar-refractivity contribution is -0.384. The predicted octanol–water partition coefficient (Wildman–Crippen LogP) is 4.72. The number of nitrogens with zero attached hydrogens (tertiary/aromatic N) is 1. The number of nitrogens with one attached hydrogen (secondary N) is 1. The van der Waals surface area contributed by atoms with E-state index >= 15 is 0 Å². The van der Waals surface area contributed by atoms with Crippen molar-refractivity contribution in [3.63, 3.8) is 0 Å². The van der Waals surface area contributed by atoms with Crippen LogP contribution in [-0.4, -0.2) is 16.6 Å². The molecule has 0 saturated carbocycles. The average molecular weight is 423 g/mol. The van der Waals surface area contributed by atoms with E-state index in [0.29, 0.717) is 19.8 Å². The number of rotatable bonds is 10. The first-order chi connectivity index (χ1) is 14.6. The molecule has 30 heavy (non-hydrogen) atoms. The molecule has 0 spiro atoms. The third-order valence-electron chi connectivity index (χ3n) is 4.31. The molecule has 0 aromatic heterocycles. The lowest BCUT2D eigenvalue weighted by atomic mass is 10.1. The zero-order valence-electron chi connectivity index (χ0n) is 16.3. The zero-order chi connectivity index (χ0) is 21.2. The third-order valence-corrected chi connectivity index (χ3v) is 5.32. The van der Waals surface area contributed by atoms with Gasteiger partial charge in [-0.15, -0.1) is 11.8 Å². The van der Waals surface area contributed by atoms with Crippen LogP contribution in [0.1, 0.15) is 16.7 Å². The molecule has 1 amide bonds. The molecule has 3 aromatic rings. The fourth-order valence-corrected chi connectivity index (χ4v) is 3.41. The van der Waals surface area contributed by atoms with Crippen molar-refractivity contribution in [3.8, 4) is 0 Å². The molecule has 3 aromatic carbocycles. The quantitative estimate of drug-likeness (QED) is 0.290. The van der Waals surface area contributed by atoms with Gasteiger partial charge in [0.1, 0.15) is 0 Å². The Labute approximate surface area is 179 Å². The summed E-state index contributed by atoms with van der Waals surface area (Å²) in [5.74, 6) is 0.164. The molecule has 7 heteroatoms. The maximum absolute atomic E-state index is 12.0. The van der Waals surface area contributed by atoms with E-state index in [4.69, 9.17) is 4.74 Å². The second-order valence-electron chi connectivity index (χ2n) is 6.61. The van der Waals surface area contributed by atoms with Gasteiger partial charge in [-0.25, -0.2) is 0 Å². The highest BCUT2D eigenvalue weighted by atomic mass is 32.2. The van der Waals surface area contributed by atoms with E-state index < -0.39 is 4.92 Å². The smallest absolute Gasteiger partial charge is 0.269 e. The number of amides is 1. The molecule has 0 heterocycles. The monoisotopic (exact) mass is 422 g/mol. The van der Waals surface area contributed by atoms with Gasteiger partial charge in [0.15, 0.2) is 0 Å². The summed E-state index contributed by atoms with van der Waals surface area (Å²) in [5, 5.41) is 13.5. The molecule has 0 saturated heterocycles. The Balaban J connectivity index is 1.36. The van der Waals surface area contributed by atoms with E-state index in [2.05, 4.69) is 5.32 Å². The van der Waals surface area contributed by atoms with Gasteiger partial charge >= 0.3 is 0 Å². The highest BCUT2D eigenvalue weighted by molar-refractivity contribution is 8.00. The van der Waals surface area contributed by atoms with Gasteiger partial charge < -0.3 is 10.1 Å². The summed E-state index contributed by atoms with van der Waals surface area (Å²) in [4.78, 5) is 23.1. The molecule has 0 aliphatic carbocycles. The number of hydrogen-bond donors (Lipinski definition) is 1. The number of carbonyl (C=O) groups excluding carboxylic acids is 1. The largest absolute Gasteiger partial charge is 0.372 e. The topological polar surface area (TPSA) is 81.5 Å². The van der Waals surface area contributed by atoms with Gasteiger partial charge in [0.2, 0.25) is 5.91 Å². The van der Waals surface area contributed by atoms with Crippen LogP contribution in [0.3, 0.4) is 0 Å². The molecule has 0 aliphatic heterocycles. The minimum Gasteiger partial charge on any atom is -0.372 e. The van der Waals surface area contributed by atoms with E-state index in [-0.39, 0.29) is 17.3 Å². The highest BCUT2D eigenvalue weighted by Crippen LogP contribution is 2.21. The molecule has 0 unspecified atom stereocenters. The molecule has 1 N–H and O–H groups in total. The zero-order valence-corrected chi connectivity index (χ0v) is 17.1. The number of nitro groups is 1. The summed E-state index contributed by atoms with van der Waals surface area (Å²) >= 11 is 1.34. The van der Waals surface area contributed by atoms with Crippen molar-refractivity contribution in [1.29, 1.82) is 0 Å². The van der Waals surface area contributed by atoms with Crippen LogP contribution in [0, 0.1) is 10.1 Å². The van der Waals surface area contributed by atoms with Crippen LogP contribution < -0.4 is 5.32 Å². The van der Waals surface area contributed by atoms with Crippen molar-refractivity contribution in [2.75, 3.05) is 5.75 Å². The molecule has 3 rings (SSSR count). The number of thioether (sulfide) groups is 1. The number of nitro benzene ring substituents is 1. The van der Waals surface area contributed by atoms with E-state index in [0.717, 1.165) is 21.6 Å². The average Bonchev–Trinajstić information content (AvgIpc) is 2.78. The fraction of sp³-hybridized carbons (Fsp3) is 0.174. The first-order valence-corrected chi connectivity index (χ1v) is 10.4. The van der Waals surface area contributed by atoms with Crippen LogP contribution in [0.5, 0.6) is 0 Å². The van der Waals surface area contributed by atoms with E-state index in [1.807, 2.05) is 54.6 Å². The van der Waals surface area contributed by atoms with Crippen LogP contribution in [0.2, 0.25) is 0 Å². The number of carbonyl (C=O) groups is 1. The Morgan fingerprint density at radius 1 is 0.867 bits per heavy atom. The second kappa shape index (κ2) is 11.1. The van der Waals surface area contributed by atoms with Crippen LogP contribution in [0.15, 0.2) is 83.8 Å². The summed E-state index contributed by atoms with van der Waals surface area (Å²) in [6.45, 7) is 1.56. The molecular weight excluding hydrogens is 400 g/mol. The Morgan fingerprint density at radius 3 is 2.10 bits per heavy atom. The maximum Gasteiger partial charge on any atom is 0.269 e. The first-order valence-electron chi connectivity index (χ1n) is 9.43. The van der Waals surface area contributed by atoms with Crippen molar-refractivity contribution >= 4 is 23.4 Å². The lowest BCUT2D eigenvalue weighted by Gasteiger charge is -2.08. The molecule has 6 nitrogen and oxygen atoms in total. The van der Waals surface area contributed by atoms with Crippen LogP contribution in [-0.2, 0) is 29.3 Å². The van der Waals surface area contributed by atoms with Crippen molar-refractivity contribution in [1.82, 2.24) is 5.32 Å². The molecule has 0 fully saturated rings. The third kappa shape index (κ3) is 7.02. The molecule has 0 bridgehead atoms. The summed E-state index contributed by atoms with van der Waals surface area (Å²) in [6, 6.07) is 24.2. The summed E-state index contributed by atoms with van der Waals surface area (Å²) < 4.78 is 5.73. The van der Waals surface area contributed by atoms with Gasteiger partial charge in [-0.05, 0) is 28.8 Å². The summed E-state index contributed by atoms with van der Waals surface area (Å²) in [5.41, 5.74) is 3.27. The number of hydrogen-bond acceptors (Lipinski definition) is 5. The van der Waals surface area contributed by atoms with Gasteiger partial charge in [-0.3, -0.25) is 14.9 Å².